The molecule has 0 aliphatic heterocycles. The van der Waals surface area contributed by atoms with Gasteiger partial charge in [0.2, 0.25) is 0 Å². The second kappa shape index (κ2) is 5.84. The zero-order valence-electron chi connectivity index (χ0n) is 10.4. The van der Waals surface area contributed by atoms with Gasteiger partial charge in [-0.15, -0.1) is 0 Å². The summed E-state index contributed by atoms with van der Waals surface area (Å²) in [6.07, 6.45) is 3.40. The van der Waals surface area contributed by atoms with Crippen LogP contribution in [0.4, 0.5) is 5.69 Å². The van der Waals surface area contributed by atoms with Crippen LogP contribution in [0.1, 0.15) is 28.9 Å². The van der Waals surface area contributed by atoms with Crippen molar-refractivity contribution in [2.45, 2.75) is 13.0 Å². The van der Waals surface area contributed by atoms with Crippen LogP contribution in [0.15, 0.2) is 47.2 Å². The molecule has 2 rings (SSSR count). The van der Waals surface area contributed by atoms with Crippen LogP contribution in [-0.4, -0.2) is 10.9 Å². The van der Waals surface area contributed by atoms with E-state index in [1.165, 1.54) is 0 Å². The average molecular weight is 320 g/mol. The van der Waals surface area contributed by atoms with E-state index in [0.29, 0.717) is 11.3 Å². The Bertz CT molecular complexity index is 586. The standard InChI is InChI=1S/C14H14BrN3O/c1-9(10-4-6-17-7-5-10)18-14(19)12-3-2-11(15)8-13(12)16/h2-9H,16H2,1H3,(H,18,19). The highest BCUT2D eigenvalue weighted by molar-refractivity contribution is 9.10. The molecular weight excluding hydrogens is 306 g/mol. The Morgan fingerprint density at radius 2 is 2.00 bits per heavy atom. The molecule has 1 unspecified atom stereocenters. The molecular formula is C14H14BrN3O. The molecule has 1 aromatic carbocycles. The monoisotopic (exact) mass is 319 g/mol. The zero-order valence-corrected chi connectivity index (χ0v) is 12.0. The average Bonchev–Trinajstić information content (AvgIpc) is 2.39. The second-order valence-corrected chi connectivity index (χ2v) is 5.12. The molecule has 2 aromatic rings. The topological polar surface area (TPSA) is 68.0 Å². The summed E-state index contributed by atoms with van der Waals surface area (Å²) in [4.78, 5) is 16.1. The number of nitrogens with two attached hydrogens (primary N) is 1. The van der Waals surface area contributed by atoms with Crippen LogP contribution < -0.4 is 11.1 Å². The number of carbonyl (C=O) groups excluding carboxylic acids is 1. The lowest BCUT2D eigenvalue weighted by Crippen LogP contribution is -2.27. The van der Waals surface area contributed by atoms with Crippen LogP contribution in [0.2, 0.25) is 0 Å². The van der Waals surface area contributed by atoms with Crippen molar-refractivity contribution in [2.75, 3.05) is 5.73 Å². The molecule has 0 bridgehead atoms. The van der Waals surface area contributed by atoms with E-state index >= 15 is 0 Å². The van der Waals surface area contributed by atoms with Gasteiger partial charge in [0, 0.05) is 22.6 Å². The number of hydrogen-bond donors (Lipinski definition) is 2. The number of anilines is 1. The number of halogens is 1. The smallest absolute Gasteiger partial charge is 0.253 e. The molecule has 1 amide bonds. The second-order valence-electron chi connectivity index (χ2n) is 4.21. The third-order valence-electron chi connectivity index (χ3n) is 2.81. The van der Waals surface area contributed by atoms with Crippen LogP contribution in [0.3, 0.4) is 0 Å². The Balaban J connectivity index is 2.13. The molecule has 0 saturated carbocycles. The minimum Gasteiger partial charge on any atom is -0.398 e. The van der Waals surface area contributed by atoms with Crippen molar-refractivity contribution in [3.05, 3.63) is 58.3 Å². The van der Waals surface area contributed by atoms with E-state index in [0.717, 1.165) is 10.0 Å². The summed E-state index contributed by atoms with van der Waals surface area (Å²) in [6, 6.07) is 8.85. The predicted octanol–water partition coefficient (Wildman–Crippen LogP) is 2.92. The maximum atomic E-state index is 12.1. The molecule has 5 heteroatoms. The summed E-state index contributed by atoms with van der Waals surface area (Å²) >= 11 is 3.31. The highest BCUT2D eigenvalue weighted by Gasteiger charge is 2.13. The third kappa shape index (κ3) is 3.32. The largest absolute Gasteiger partial charge is 0.398 e. The first-order valence-electron chi connectivity index (χ1n) is 5.83. The fraction of sp³-hybridized carbons (Fsp3) is 0.143. The quantitative estimate of drug-likeness (QED) is 0.855. The first-order valence-corrected chi connectivity index (χ1v) is 6.63. The number of benzene rings is 1. The first-order chi connectivity index (χ1) is 9.08. The lowest BCUT2D eigenvalue weighted by atomic mass is 10.1. The highest BCUT2D eigenvalue weighted by atomic mass is 79.9. The minimum absolute atomic E-state index is 0.0986. The molecule has 0 aliphatic carbocycles. The number of nitrogens with one attached hydrogen (secondary N) is 1. The number of aromatic nitrogens is 1. The molecule has 0 fully saturated rings. The molecule has 0 aliphatic rings. The molecule has 0 spiro atoms. The zero-order chi connectivity index (χ0) is 13.8. The molecule has 4 nitrogen and oxygen atoms in total. The van der Waals surface area contributed by atoms with Crippen LogP contribution >= 0.6 is 15.9 Å². The van der Waals surface area contributed by atoms with Crippen molar-refractivity contribution >= 4 is 27.5 Å². The van der Waals surface area contributed by atoms with Gasteiger partial charge in [-0.1, -0.05) is 15.9 Å². The summed E-state index contributed by atoms with van der Waals surface area (Å²) in [6.45, 7) is 1.92. The van der Waals surface area contributed by atoms with Crippen LogP contribution in [0.25, 0.3) is 0 Å². The maximum Gasteiger partial charge on any atom is 0.253 e. The Kier molecular flexibility index (Phi) is 4.16. The van der Waals surface area contributed by atoms with Crippen molar-refractivity contribution in [2.24, 2.45) is 0 Å². The van der Waals surface area contributed by atoms with Crippen molar-refractivity contribution in [1.29, 1.82) is 0 Å². The van der Waals surface area contributed by atoms with Gasteiger partial charge in [-0.25, -0.2) is 0 Å². The molecule has 1 heterocycles. The number of rotatable bonds is 3. The van der Waals surface area contributed by atoms with Gasteiger partial charge >= 0.3 is 0 Å². The van der Waals surface area contributed by atoms with E-state index in [1.54, 1.807) is 30.6 Å². The molecule has 1 aromatic heterocycles. The first kappa shape index (κ1) is 13.5. The molecule has 1 atom stereocenters. The van der Waals surface area contributed by atoms with Gasteiger partial charge in [0.05, 0.1) is 11.6 Å². The van der Waals surface area contributed by atoms with E-state index in [1.807, 2.05) is 19.1 Å². The van der Waals surface area contributed by atoms with Crippen molar-refractivity contribution < 1.29 is 4.79 Å². The van der Waals surface area contributed by atoms with Crippen molar-refractivity contribution in [3.8, 4) is 0 Å². The molecule has 19 heavy (non-hydrogen) atoms. The van der Waals surface area contributed by atoms with Gasteiger partial charge in [-0.05, 0) is 42.8 Å². The summed E-state index contributed by atoms with van der Waals surface area (Å²) in [5.41, 5.74) is 7.76. The van der Waals surface area contributed by atoms with E-state index in [9.17, 15) is 4.79 Å². The lowest BCUT2D eigenvalue weighted by Gasteiger charge is -2.15. The van der Waals surface area contributed by atoms with Crippen molar-refractivity contribution in [3.63, 3.8) is 0 Å². The van der Waals surface area contributed by atoms with Gasteiger partial charge in [0.1, 0.15) is 0 Å². The fourth-order valence-corrected chi connectivity index (χ4v) is 2.13. The normalized spacial score (nSPS) is 11.9. The summed E-state index contributed by atoms with van der Waals surface area (Å²) in [5.74, 6) is -0.186. The van der Waals surface area contributed by atoms with Gasteiger partial charge in [-0.2, -0.15) is 0 Å². The highest BCUT2D eigenvalue weighted by Crippen LogP contribution is 2.19. The number of amides is 1. The third-order valence-corrected chi connectivity index (χ3v) is 3.31. The number of pyridine rings is 1. The number of nitrogens with zero attached hydrogens (tertiary/aromatic N) is 1. The van der Waals surface area contributed by atoms with E-state index < -0.39 is 0 Å². The van der Waals surface area contributed by atoms with Crippen LogP contribution in [-0.2, 0) is 0 Å². The van der Waals surface area contributed by atoms with E-state index in [4.69, 9.17) is 5.73 Å². The Hall–Kier alpha value is -1.88. The lowest BCUT2D eigenvalue weighted by molar-refractivity contribution is 0.0941. The van der Waals surface area contributed by atoms with E-state index in [2.05, 4.69) is 26.2 Å². The maximum absolute atomic E-state index is 12.1. The summed E-state index contributed by atoms with van der Waals surface area (Å²) in [7, 11) is 0. The van der Waals surface area contributed by atoms with Gasteiger partial charge < -0.3 is 11.1 Å². The Labute approximate surface area is 120 Å². The van der Waals surface area contributed by atoms with Crippen molar-refractivity contribution in [1.82, 2.24) is 10.3 Å². The predicted molar refractivity (Wildman–Crippen MR) is 78.7 cm³/mol. The molecule has 0 saturated heterocycles. The number of carbonyl (C=O) groups is 1. The van der Waals surface area contributed by atoms with Gasteiger partial charge in [0.15, 0.2) is 0 Å². The van der Waals surface area contributed by atoms with Crippen LogP contribution in [0, 0.1) is 0 Å². The minimum atomic E-state index is -0.186. The molecule has 0 radical (unpaired) electrons. The number of hydrogen-bond acceptors (Lipinski definition) is 3. The summed E-state index contributed by atoms with van der Waals surface area (Å²) < 4.78 is 0.851. The summed E-state index contributed by atoms with van der Waals surface area (Å²) in [5, 5.41) is 2.91. The van der Waals surface area contributed by atoms with Gasteiger partial charge in [0.25, 0.3) is 5.91 Å². The number of nitrogen functional groups attached to an aromatic ring is 1. The van der Waals surface area contributed by atoms with Gasteiger partial charge in [-0.3, -0.25) is 9.78 Å². The van der Waals surface area contributed by atoms with E-state index in [-0.39, 0.29) is 11.9 Å². The SMILES string of the molecule is CC(NC(=O)c1ccc(Br)cc1N)c1ccncc1. The van der Waals surface area contributed by atoms with Crippen LogP contribution in [0.5, 0.6) is 0 Å². The Morgan fingerprint density at radius 3 is 2.63 bits per heavy atom. The Morgan fingerprint density at radius 1 is 1.32 bits per heavy atom. The fourth-order valence-electron chi connectivity index (χ4n) is 1.75. The molecule has 98 valence electrons. The molecule has 3 N–H and O–H groups in total.